The molecule has 0 saturated heterocycles. The predicted octanol–water partition coefficient (Wildman–Crippen LogP) is 2.79. The van der Waals surface area contributed by atoms with Gasteiger partial charge in [0.1, 0.15) is 0 Å². The topological polar surface area (TPSA) is 21.3 Å². The lowest BCUT2D eigenvalue weighted by molar-refractivity contribution is 0.136. The molecule has 0 radical (unpaired) electrons. The molecule has 0 amide bonds. The summed E-state index contributed by atoms with van der Waals surface area (Å²) in [7, 11) is 1.64. The molecule has 1 aromatic carbocycles. The van der Waals surface area contributed by atoms with Gasteiger partial charge in [-0.15, -0.1) is 0 Å². The Kier molecular flexibility index (Phi) is 5.44. The van der Waals surface area contributed by atoms with Crippen molar-refractivity contribution in [3.63, 3.8) is 0 Å². The van der Waals surface area contributed by atoms with Crippen LogP contribution in [0.5, 0.6) is 0 Å². The van der Waals surface area contributed by atoms with Gasteiger partial charge in [0.05, 0.1) is 0 Å². The zero-order chi connectivity index (χ0) is 12.8. The minimum atomic E-state index is -1.43. The first-order valence-electron chi connectivity index (χ1n) is 5.50. The maximum absolute atomic E-state index is 13.5. The molecule has 1 atom stereocenters. The molecule has 0 aromatic heterocycles. The molecule has 0 aliphatic rings. The van der Waals surface area contributed by atoms with Gasteiger partial charge in [-0.25, -0.2) is 13.2 Å². The van der Waals surface area contributed by atoms with Crippen molar-refractivity contribution in [2.75, 3.05) is 20.3 Å². The van der Waals surface area contributed by atoms with Gasteiger partial charge in [-0.05, 0) is 26.5 Å². The lowest BCUT2D eigenvalue weighted by Gasteiger charge is -2.17. The second-order valence-corrected chi connectivity index (χ2v) is 3.59. The van der Waals surface area contributed by atoms with E-state index < -0.39 is 23.5 Å². The molecule has 1 unspecified atom stereocenters. The maximum Gasteiger partial charge on any atom is 0.194 e. The summed E-state index contributed by atoms with van der Waals surface area (Å²) in [5.41, 5.74) is 0.117. The molecule has 0 aliphatic heterocycles. The standard InChI is InChI=1S/C12H16F3NO/c1-3-17-7-6-10(16-2)8-4-5-9(13)12(15)11(8)14/h4-5,10,16H,3,6-7H2,1-2H3. The first kappa shape index (κ1) is 14.0. The van der Waals surface area contributed by atoms with Crippen LogP contribution in [0.3, 0.4) is 0 Å². The van der Waals surface area contributed by atoms with Crippen molar-refractivity contribution in [3.05, 3.63) is 35.1 Å². The number of benzene rings is 1. The van der Waals surface area contributed by atoms with E-state index in [0.717, 1.165) is 6.07 Å². The Morgan fingerprint density at radius 2 is 1.94 bits per heavy atom. The smallest absolute Gasteiger partial charge is 0.194 e. The van der Waals surface area contributed by atoms with E-state index >= 15 is 0 Å². The average Bonchev–Trinajstić information content (AvgIpc) is 2.33. The van der Waals surface area contributed by atoms with E-state index in [4.69, 9.17) is 4.74 Å². The molecule has 0 saturated carbocycles. The summed E-state index contributed by atoms with van der Waals surface area (Å²) in [5.74, 6) is -3.74. The largest absolute Gasteiger partial charge is 0.382 e. The van der Waals surface area contributed by atoms with Gasteiger partial charge >= 0.3 is 0 Å². The minimum Gasteiger partial charge on any atom is -0.382 e. The van der Waals surface area contributed by atoms with Gasteiger partial charge in [-0.2, -0.15) is 0 Å². The number of halogens is 3. The van der Waals surface area contributed by atoms with Gasteiger partial charge in [-0.3, -0.25) is 0 Å². The molecule has 1 N–H and O–H groups in total. The van der Waals surface area contributed by atoms with Crippen molar-refractivity contribution < 1.29 is 17.9 Å². The summed E-state index contributed by atoms with van der Waals surface area (Å²) in [6.45, 7) is 2.85. The Morgan fingerprint density at radius 1 is 1.24 bits per heavy atom. The minimum absolute atomic E-state index is 0.117. The lowest BCUT2D eigenvalue weighted by atomic mass is 10.0. The number of hydrogen-bond acceptors (Lipinski definition) is 2. The summed E-state index contributed by atoms with van der Waals surface area (Å²) in [6, 6.07) is 1.79. The fraction of sp³-hybridized carbons (Fsp3) is 0.500. The molecule has 2 nitrogen and oxygen atoms in total. The molecule has 0 spiro atoms. The van der Waals surface area contributed by atoms with Crippen LogP contribution >= 0.6 is 0 Å². The van der Waals surface area contributed by atoms with E-state index in [-0.39, 0.29) is 5.56 Å². The molecule has 0 heterocycles. The highest BCUT2D eigenvalue weighted by Gasteiger charge is 2.19. The summed E-state index contributed by atoms with van der Waals surface area (Å²) < 4.78 is 44.5. The molecule has 1 aromatic rings. The number of ether oxygens (including phenoxy) is 1. The van der Waals surface area contributed by atoms with Gasteiger partial charge in [0.15, 0.2) is 17.5 Å². The molecule has 5 heteroatoms. The molecule has 0 bridgehead atoms. The van der Waals surface area contributed by atoms with Crippen LogP contribution in [-0.4, -0.2) is 20.3 Å². The molecule has 1 rings (SSSR count). The normalized spacial score (nSPS) is 12.8. The first-order valence-corrected chi connectivity index (χ1v) is 5.50. The monoisotopic (exact) mass is 247 g/mol. The summed E-state index contributed by atoms with van der Waals surface area (Å²) in [4.78, 5) is 0. The van der Waals surface area contributed by atoms with Crippen LogP contribution in [0.1, 0.15) is 24.9 Å². The average molecular weight is 247 g/mol. The predicted molar refractivity (Wildman–Crippen MR) is 59.2 cm³/mol. The molecule has 17 heavy (non-hydrogen) atoms. The zero-order valence-corrected chi connectivity index (χ0v) is 9.90. The van der Waals surface area contributed by atoms with Gasteiger partial charge in [-0.1, -0.05) is 6.07 Å². The fourth-order valence-corrected chi connectivity index (χ4v) is 1.61. The van der Waals surface area contributed by atoms with Gasteiger partial charge in [0.2, 0.25) is 0 Å². The molecular weight excluding hydrogens is 231 g/mol. The van der Waals surface area contributed by atoms with Crippen LogP contribution in [0.25, 0.3) is 0 Å². The van der Waals surface area contributed by atoms with Crippen molar-refractivity contribution in [3.8, 4) is 0 Å². The lowest BCUT2D eigenvalue weighted by Crippen LogP contribution is -2.20. The summed E-state index contributed by atoms with van der Waals surface area (Å²) in [5, 5.41) is 2.86. The second kappa shape index (κ2) is 6.61. The summed E-state index contributed by atoms with van der Waals surface area (Å²) in [6.07, 6.45) is 0.492. The van der Waals surface area contributed by atoms with Crippen LogP contribution in [0.2, 0.25) is 0 Å². The van der Waals surface area contributed by atoms with Crippen molar-refractivity contribution in [2.24, 2.45) is 0 Å². The van der Waals surface area contributed by atoms with E-state index in [2.05, 4.69) is 5.32 Å². The van der Waals surface area contributed by atoms with Crippen LogP contribution < -0.4 is 5.32 Å². The Balaban J connectivity index is 2.85. The van der Waals surface area contributed by atoms with E-state index in [1.54, 1.807) is 7.05 Å². The molecule has 0 fully saturated rings. The van der Waals surface area contributed by atoms with Gasteiger partial charge in [0, 0.05) is 24.8 Å². The zero-order valence-electron chi connectivity index (χ0n) is 9.90. The first-order chi connectivity index (χ1) is 8.11. The fourth-order valence-electron chi connectivity index (χ4n) is 1.61. The Bertz CT molecular complexity index is 371. The van der Waals surface area contributed by atoms with Crippen LogP contribution in [0.15, 0.2) is 12.1 Å². The highest BCUT2D eigenvalue weighted by molar-refractivity contribution is 5.23. The van der Waals surface area contributed by atoms with Crippen molar-refractivity contribution >= 4 is 0 Å². The highest BCUT2D eigenvalue weighted by atomic mass is 19.2. The maximum atomic E-state index is 13.5. The van der Waals surface area contributed by atoms with E-state index in [9.17, 15) is 13.2 Å². The molecule has 96 valence electrons. The third-order valence-corrected chi connectivity index (χ3v) is 2.54. The van der Waals surface area contributed by atoms with Crippen LogP contribution in [0, 0.1) is 17.5 Å². The van der Waals surface area contributed by atoms with Crippen molar-refractivity contribution in [1.82, 2.24) is 5.32 Å². The van der Waals surface area contributed by atoms with Crippen molar-refractivity contribution in [1.29, 1.82) is 0 Å². The summed E-state index contributed by atoms with van der Waals surface area (Å²) >= 11 is 0. The Labute approximate surface area is 98.8 Å². The van der Waals surface area contributed by atoms with Gasteiger partial charge < -0.3 is 10.1 Å². The third-order valence-electron chi connectivity index (χ3n) is 2.54. The Morgan fingerprint density at radius 3 is 2.53 bits per heavy atom. The number of hydrogen-bond donors (Lipinski definition) is 1. The van der Waals surface area contributed by atoms with E-state index in [1.165, 1.54) is 6.07 Å². The van der Waals surface area contributed by atoms with Crippen LogP contribution in [-0.2, 0) is 4.74 Å². The van der Waals surface area contributed by atoms with Crippen LogP contribution in [0.4, 0.5) is 13.2 Å². The third kappa shape index (κ3) is 3.44. The van der Waals surface area contributed by atoms with Crippen molar-refractivity contribution in [2.45, 2.75) is 19.4 Å². The number of rotatable bonds is 6. The Hall–Kier alpha value is -1.07. The SMILES string of the molecule is CCOCCC(NC)c1ccc(F)c(F)c1F. The highest BCUT2D eigenvalue weighted by Crippen LogP contribution is 2.23. The van der Waals surface area contributed by atoms with E-state index in [0.29, 0.717) is 19.6 Å². The quantitative estimate of drug-likeness (QED) is 0.616. The molecule has 0 aliphatic carbocycles. The van der Waals surface area contributed by atoms with E-state index in [1.807, 2.05) is 6.92 Å². The molecular formula is C12H16F3NO. The van der Waals surface area contributed by atoms with Gasteiger partial charge in [0.25, 0.3) is 0 Å². The number of nitrogens with one attached hydrogen (secondary N) is 1. The second-order valence-electron chi connectivity index (χ2n) is 3.59.